The molecular formula is C80H42AlN16OTi. The van der Waals surface area contributed by atoms with E-state index in [0.29, 0.717) is 69.2 Å². The summed E-state index contributed by atoms with van der Waals surface area (Å²) in [5.74, 6) is 6.45. The van der Waals surface area contributed by atoms with Crippen molar-refractivity contribution < 1.29 is 27.2 Å². The topological polar surface area (TPSA) is 221 Å². The van der Waals surface area contributed by atoms with E-state index in [1.54, 1.807) is 0 Å². The van der Waals surface area contributed by atoms with Gasteiger partial charge < -0.3 is 42.5 Å². The average molecular weight is 1320 g/mol. The molecule has 17 aromatic rings. The van der Waals surface area contributed by atoms with Crippen LogP contribution in [0.15, 0.2) is 273 Å². The van der Waals surface area contributed by atoms with Crippen LogP contribution in [0.1, 0.15) is 22.3 Å². The zero-order chi connectivity index (χ0) is 63.1. The van der Waals surface area contributed by atoms with Crippen molar-refractivity contribution in [2.45, 2.75) is 0 Å². The van der Waals surface area contributed by atoms with Crippen molar-refractivity contribution in [2.24, 2.45) is 30.0 Å². The van der Waals surface area contributed by atoms with Gasteiger partial charge in [-0.1, -0.05) is 194 Å². The molecule has 14 bridgehead atoms. The maximum Gasteiger partial charge on any atom is 2.00 e. The predicted molar refractivity (Wildman–Crippen MR) is 389 cm³/mol. The van der Waals surface area contributed by atoms with Gasteiger partial charge in [-0.25, -0.2) is 39.9 Å². The van der Waals surface area contributed by atoms with Gasteiger partial charge in [0.2, 0.25) is 0 Å². The smallest absolute Gasteiger partial charge is 0.412 e. The summed E-state index contributed by atoms with van der Waals surface area (Å²) in [5, 5.41) is 16.3. The molecule has 0 saturated carbocycles. The van der Waals surface area contributed by atoms with E-state index in [2.05, 4.69) is 177 Å². The van der Waals surface area contributed by atoms with Gasteiger partial charge >= 0.3 is 37.4 Å². The first-order valence-electron chi connectivity index (χ1n) is 31.9. The summed E-state index contributed by atoms with van der Waals surface area (Å²) in [5.41, 5.74) is 11.2. The van der Waals surface area contributed by atoms with Crippen LogP contribution in [0.2, 0.25) is 0 Å². The molecule has 11 heterocycles. The first kappa shape index (κ1) is 56.9. The number of benzene rings is 12. The first-order chi connectivity index (χ1) is 48.0. The van der Waals surface area contributed by atoms with E-state index in [9.17, 15) is 0 Å². The van der Waals surface area contributed by atoms with Crippen LogP contribution in [-0.2, 0) is 21.7 Å². The van der Waals surface area contributed by atoms with Crippen LogP contribution in [0.5, 0.6) is 0 Å². The number of fused-ring (bicyclic) bond motifs is 38. The number of amidine groups is 4. The Morgan fingerprint density at radius 2 is 0.505 bits per heavy atom. The summed E-state index contributed by atoms with van der Waals surface area (Å²) in [7, 11) is 0. The minimum atomic E-state index is -0.639. The van der Waals surface area contributed by atoms with Gasteiger partial charge in [0.25, 0.3) is 0 Å². The maximum absolute atomic E-state index is 5.24. The van der Waals surface area contributed by atoms with Crippen LogP contribution in [0.4, 0.5) is 11.6 Å². The van der Waals surface area contributed by atoms with Crippen molar-refractivity contribution in [3.63, 3.8) is 0 Å². The Morgan fingerprint density at radius 1 is 0.242 bits per heavy atom. The van der Waals surface area contributed by atoms with E-state index < -0.39 is 15.7 Å². The summed E-state index contributed by atoms with van der Waals surface area (Å²) in [6.07, 6.45) is 0. The molecule has 6 aliphatic heterocycles. The normalized spacial score (nSPS) is 13.4. The molecule has 0 spiro atoms. The Hall–Kier alpha value is -12.4. The molecule has 0 fully saturated rings. The van der Waals surface area contributed by atoms with Gasteiger partial charge in [0.05, 0.1) is 23.3 Å². The largest absolute Gasteiger partial charge is 2.00 e. The quantitative estimate of drug-likeness (QED) is 0.133. The van der Waals surface area contributed by atoms with Crippen molar-refractivity contribution in [3.05, 3.63) is 276 Å². The summed E-state index contributed by atoms with van der Waals surface area (Å²) in [6, 6.07) is 83.4. The zero-order valence-corrected chi connectivity index (χ0v) is 54.5. The first-order valence-corrected chi connectivity index (χ1v) is 32.9. The fraction of sp³-hybridized carbons (Fsp3) is 0. The third-order valence-corrected chi connectivity index (χ3v) is 20.7. The number of hydrogen-bond donors (Lipinski definition) is 0. The van der Waals surface area contributed by atoms with Gasteiger partial charge in [-0.05, 0) is 113 Å². The van der Waals surface area contributed by atoms with E-state index in [1.807, 2.05) is 72.8 Å². The van der Waals surface area contributed by atoms with Crippen molar-refractivity contribution in [3.8, 4) is 45.6 Å². The number of rotatable bonds is 0. The SMILES string of the molecule is O.[Ti+2].c1ccc2c(c1)C1=NC2=Nc2c3ccccc3c3[n]2[Al][n]2c(c4ccccc4c2=NC2=NC(=N3)c3ccccc32)=N1.c1ccc2cc3c(cc2c1)-c1nc-3nc2[n-]c(nc3nc(nc4[n-]c(n1)c1cc5ccccc5cc41)-c1cc4ccccc4cc1-3)c1cc3ccccc3cc21. The summed E-state index contributed by atoms with van der Waals surface area (Å²) in [4.78, 5) is 72.5. The fourth-order valence-electron chi connectivity index (χ4n) is 14.6. The molecule has 0 atom stereocenters. The second-order valence-corrected chi connectivity index (χ2v) is 26.0. The minimum Gasteiger partial charge on any atom is -0.412 e. The Labute approximate surface area is 580 Å². The van der Waals surface area contributed by atoms with Gasteiger partial charge in [-0.15, -0.1) is 0 Å². The molecule has 455 valence electrons. The van der Waals surface area contributed by atoms with Crippen LogP contribution in [0, 0.1) is 0 Å². The standard InChI is InChI=1S/C48H24N8.C32H16N8.Al.H2O.Ti/c1-2-10-26-18-34-33(17-25(26)9-1)41-49-42(34)54-44-37-21-29-13-5-6-14-30(29)22-38(37)46(51-44)56-48-40-24-32-16-8-7-15-31(32)23-39(40)47(52-48)55-45-36-20-28-12-4-3-11-27(28)19-35(36)43(50-45)53-41;1-2-10-18-17(9-1)25-33-26(18)38-28-21-13-5-6-14-22(21)30(35-28)40-32-24-16-8-7-15-23(24)31(36-32)39-29-20-12-4-3-11-19(20)27(34-29)37-25;;;/h1-24H;1-16H;;1H2;/q2*-2;+2;;+2. The number of hydrogen-bond acceptors (Lipinski definition) is 12. The molecule has 0 amide bonds. The molecule has 2 N–H and O–H groups in total. The van der Waals surface area contributed by atoms with Crippen molar-refractivity contribution in [1.29, 1.82) is 0 Å². The maximum atomic E-state index is 5.24. The number of nitrogens with zero attached hydrogens (tertiary/aromatic N) is 16. The van der Waals surface area contributed by atoms with Gasteiger partial charge in [0.1, 0.15) is 22.6 Å². The Bertz CT molecular complexity index is 6380. The third kappa shape index (κ3) is 8.61. The summed E-state index contributed by atoms with van der Waals surface area (Å²) < 4.78 is 4.48. The summed E-state index contributed by atoms with van der Waals surface area (Å²) in [6.45, 7) is 0. The van der Waals surface area contributed by atoms with E-state index in [4.69, 9.17) is 69.8 Å². The third-order valence-electron chi connectivity index (χ3n) is 19.2. The van der Waals surface area contributed by atoms with Gasteiger partial charge in [-0.3, -0.25) is 0 Å². The molecule has 0 aliphatic carbocycles. The molecular weight excluding hydrogens is 1280 g/mol. The second kappa shape index (κ2) is 21.6. The van der Waals surface area contributed by atoms with Crippen LogP contribution in [0.3, 0.4) is 0 Å². The van der Waals surface area contributed by atoms with Crippen molar-refractivity contribution in [1.82, 2.24) is 47.0 Å². The Morgan fingerprint density at radius 3 is 0.818 bits per heavy atom. The monoisotopic (exact) mass is 1320 g/mol. The van der Waals surface area contributed by atoms with Gasteiger partial charge in [0.15, 0.2) is 23.3 Å². The van der Waals surface area contributed by atoms with Gasteiger partial charge in [-0.2, -0.15) is 0 Å². The molecule has 23 rings (SSSR count). The zero-order valence-electron chi connectivity index (χ0n) is 51.8. The Kier molecular flexibility index (Phi) is 12.4. The number of aliphatic imine (C=N–C) groups is 4. The molecule has 12 aromatic carbocycles. The number of aromatic nitrogens is 10. The Balaban J connectivity index is 0.000000137. The average Bonchev–Trinajstić information content (AvgIpc) is 1.58. The fourth-order valence-corrected chi connectivity index (χ4v) is 16.0. The van der Waals surface area contributed by atoms with Crippen molar-refractivity contribution in [2.75, 3.05) is 0 Å². The van der Waals surface area contributed by atoms with Crippen LogP contribution < -0.4 is 20.9 Å². The molecule has 17 nitrogen and oxygen atoms in total. The molecule has 5 aromatic heterocycles. The molecule has 6 aliphatic rings. The van der Waals surface area contributed by atoms with E-state index in [0.717, 1.165) is 153 Å². The molecule has 0 unspecified atom stereocenters. The predicted octanol–water partition coefficient (Wildman–Crippen LogP) is 14.4. The molecule has 0 saturated heterocycles. The molecule has 1 radical (unpaired) electrons. The minimum absolute atomic E-state index is 0. The van der Waals surface area contributed by atoms with Crippen LogP contribution >= 0.6 is 0 Å². The molecule has 19 heteroatoms. The van der Waals surface area contributed by atoms with Gasteiger partial charge in [0, 0.05) is 88.6 Å². The van der Waals surface area contributed by atoms with E-state index in [1.165, 1.54) is 0 Å². The van der Waals surface area contributed by atoms with Crippen LogP contribution in [0.25, 0.3) is 154 Å². The van der Waals surface area contributed by atoms with Crippen molar-refractivity contribution >= 4 is 159 Å². The summed E-state index contributed by atoms with van der Waals surface area (Å²) >= 11 is -0.639. The van der Waals surface area contributed by atoms with E-state index in [-0.39, 0.29) is 27.2 Å². The van der Waals surface area contributed by atoms with Crippen LogP contribution in [-0.4, -0.2) is 81.5 Å². The van der Waals surface area contributed by atoms with E-state index >= 15 is 0 Å². The second-order valence-electron chi connectivity index (χ2n) is 24.8. The molecule has 99 heavy (non-hydrogen) atoms.